The number of aromatic nitrogens is 2. The molecule has 2 rings (SSSR count). The van der Waals surface area contributed by atoms with Crippen molar-refractivity contribution in [3.8, 4) is 0 Å². The maximum Gasteiger partial charge on any atom is 0.249 e. The molecule has 0 fully saturated rings. The lowest BCUT2D eigenvalue weighted by molar-refractivity contribution is 0.893. The first-order valence-corrected chi connectivity index (χ1v) is 4.50. The molecule has 2 N–H and O–H groups in total. The summed E-state index contributed by atoms with van der Waals surface area (Å²) in [6, 6.07) is 7.18. The van der Waals surface area contributed by atoms with Crippen LogP contribution in [0.15, 0.2) is 46.9 Å². The van der Waals surface area contributed by atoms with Crippen LogP contribution >= 0.6 is 0 Å². The summed E-state index contributed by atoms with van der Waals surface area (Å²) in [6.07, 6.45) is 3.49. The molecule has 0 unspecified atom stereocenters. The van der Waals surface area contributed by atoms with Crippen LogP contribution in [-0.4, -0.2) is 9.55 Å². The van der Waals surface area contributed by atoms with Crippen molar-refractivity contribution in [1.82, 2.24) is 9.55 Å². The first-order valence-electron chi connectivity index (χ1n) is 4.50. The molecule has 0 aliphatic carbocycles. The zero-order valence-corrected chi connectivity index (χ0v) is 8.33. The maximum atomic E-state index is 5.55. The zero-order valence-electron chi connectivity index (χ0n) is 8.33. The summed E-state index contributed by atoms with van der Waals surface area (Å²) in [6.45, 7) is 0. The highest BCUT2D eigenvalue weighted by molar-refractivity contribution is 5.47. The third kappa shape index (κ3) is 2.19. The van der Waals surface area contributed by atoms with E-state index in [9.17, 15) is 0 Å². The van der Waals surface area contributed by atoms with E-state index in [0.29, 0.717) is 11.6 Å². The molecular formula is C10H11N5. The normalized spacial score (nSPS) is 11.0. The Morgan fingerprint density at radius 3 is 2.53 bits per heavy atom. The van der Waals surface area contributed by atoms with Gasteiger partial charge in [-0.2, -0.15) is 0 Å². The van der Waals surface area contributed by atoms with Crippen LogP contribution in [0.5, 0.6) is 0 Å². The minimum atomic E-state index is 0.576. The summed E-state index contributed by atoms with van der Waals surface area (Å²) < 4.78 is 1.79. The molecule has 1 heterocycles. The van der Waals surface area contributed by atoms with Gasteiger partial charge >= 0.3 is 0 Å². The minimum Gasteiger partial charge on any atom is -0.399 e. The molecule has 1 aromatic carbocycles. The fraction of sp³-hybridized carbons (Fsp3) is 0.100. The van der Waals surface area contributed by atoms with E-state index in [4.69, 9.17) is 5.73 Å². The Labute approximate surface area is 87.3 Å². The average Bonchev–Trinajstić information content (AvgIpc) is 2.63. The number of rotatable bonds is 2. The van der Waals surface area contributed by atoms with Gasteiger partial charge in [0.05, 0.1) is 5.69 Å². The number of imidazole rings is 1. The molecule has 2 aromatic rings. The molecular weight excluding hydrogens is 190 g/mol. The van der Waals surface area contributed by atoms with Gasteiger partial charge in [-0.15, -0.1) is 10.2 Å². The van der Waals surface area contributed by atoms with Gasteiger partial charge in [0.15, 0.2) is 0 Å². The van der Waals surface area contributed by atoms with Gasteiger partial charge in [-0.05, 0) is 24.3 Å². The van der Waals surface area contributed by atoms with Gasteiger partial charge < -0.3 is 10.3 Å². The molecule has 0 amide bonds. The third-order valence-electron chi connectivity index (χ3n) is 1.94. The molecule has 0 saturated heterocycles. The highest BCUT2D eigenvalue weighted by atomic mass is 15.2. The van der Waals surface area contributed by atoms with E-state index in [1.807, 2.05) is 25.4 Å². The number of nitrogens with two attached hydrogens (primary N) is 1. The van der Waals surface area contributed by atoms with E-state index < -0.39 is 0 Å². The van der Waals surface area contributed by atoms with Crippen molar-refractivity contribution in [2.75, 3.05) is 5.73 Å². The topological polar surface area (TPSA) is 68.6 Å². The second-order valence-corrected chi connectivity index (χ2v) is 3.13. The number of nitrogen functional groups attached to an aromatic ring is 1. The van der Waals surface area contributed by atoms with Gasteiger partial charge in [0.2, 0.25) is 5.95 Å². The van der Waals surface area contributed by atoms with E-state index in [-0.39, 0.29) is 0 Å². The van der Waals surface area contributed by atoms with Gasteiger partial charge in [-0.25, -0.2) is 4.98 Å². The Bertz CT molecular complexity index is 469. The maximum absolute atomic E-state index is 5.55. The number of hydrogen-bond acceptors (Lipinski definition) is 4. The summed E-state index contributed by atoms with van der Waals surface area (Å²) in [4.78, 5) is 4.03. The van der Waals surface area contributed by atoms with Gasteiger partial charge in [0.25, 0.3) is 0 Å². The molecule has 0 saturated carbocycles. The predicted molar refractivity (Wildman–Crippen MR) is 58.2 cm³/mol. The van der Waals surface area contributed by atoms with Crippen LogP contribution < -0.4 is 5.73 Å². The SMILES string of the molecule is Cn1ccnc1N=Nc1ccc(N)cc1. The first-order chi connectivity index (χ1) is 7.25. The van der Waals surface area contributed by atoms with Crippen LogP contribution in [0.4, 0.5) is 17.3 Å². The highest BCUT2D eigenvalue weighted by Gasteiger charge is 1.95. The quantitative estimate of drug-likeness (QED) is 0.598. The van der Waals surface area contributed by atoms with E-state index in [1.54, 1.807) is 22.9 Å². The number of hydrogen-bond donors (Lipinski definition) is 1. The largest absolute Gasteiger partial charge is 0.399 e. The number of nitrogens with zero attached hydrogens (tertiary/aromatic N) is 4. The highest BCUT2D eigenvalue weighted by Crippen LogP contribution is 2.17. The second-order valence-electron chi connectivity index (χ2n) is 3.13. The Hall–Kier alpha value is -2.17. The number of aryl methyl sites for hydroxylation is 1. The molecule has 76 valence electrons. The predicted octanol–water partition coefficient (Wildman–Crippen LogP) is 2.42. The summed E-state index contributed by atoms with van der Waals surface area (Å²) in [5.41, 5.74) is 7.02. The van der Waals surface area contributed by atoms with Crippen molar-refractivity contribution in [2.24, 2.45) is 17.3 Å². The van der Waals surface area contributed by atoms with Crippen molar-refractivity contribution in [3.05, 3.63) is 36.7 Å². The lowest BCUT2D eigenvalue weighted by Crippen LogP contribution is -1.82. The zero-order chi connectivity index (χ0) is 10.7. The van der Waals surface area contributed by atoms with Gasteiger partial charge in [0.1, 0.15) is 0 Å². The lowest BCUT2D eigenvalue weighted by Gasteiger charge is -1.94. The molecule has 1 aromatic heterocycles. The monoisotopic (exact) mass is 201 g/mol. The third-order valence-corrected chi connectivity index (χ3v) is 1.94. The van der Waals surface area contributed by atoms with Crippen LogP contribution in [0.2, 0.25) is 0 Å². The minimum absolute atomic E-state index is 0.576. The molecule has 5 nitrogen and oxygen atoms in total. The molecule has 5 heteroatoms. The summed E-state index contributed by atoms with van der Waals surface area (Å²) in [5, 5.41) is 8.04. The molecule has 0 aliphatic rings. The van der Waals surface area contributed by atoms with E-state index in [1.165, 1.54) is 0 Å². The molecule has 0 aliphatic heterocycles. The summed E-state index contributed by atoms with van der Waals surface area (Å²) >= 11 is 0. The molecule has 0 radical (unpaired) electrons. The number of anilines is 1. The molecule has 0 spiro atoms. The van der Waals surface area contributed by atoms with Gasteiger partial charge in [0, 0.05) is 25.1 Å². The van der Waals surface area contributed by atoms with Crippen LogP contribution in [0, 0.1) is 0 Å². The average molecular weight is 201 g/mol. The Morgan fingerprint density at radius 1 is 1.20 bits per heavy atom. The fourth-order valence-electron chi connectivity index (χ4n) is 1.10. The van der Waals surface area contributed by atoms with Crippen molar-refractivity contribution < 1.29 is 0 Å². The van der Waals surface area contributed by atoms with Crippen LogP contribution in [0.25, 0.3) is 0 Å². The Kier molecular flexibility index (Phi) is 2.45. The van der Waals surface area contributed by atoms with Crippen molar-refractivity contribution in [3.63, 3.8) is 0 Å². The van der Waals surface area contributed by atoms with Crippen LogP contribution in [0.1, 0.15) is 0 Å². The Balaban J connectivity index is 2.19. The number of benzene rings is 1. The van der Waals surface area contributed by atoms with Crippen LogP contribution in [0.3, 0.4) is 0 Å². The molecule has 0 atom stereocenters. The van der Waals surface area contributed by atoms with E-state index >= 15 is 0 Å². The lowest BCUT2D eigenvalue weighted by atomic mass is 10.3. The van der Waals surface area contributed by atoms with Gasteiger partial charge in [-0.1, -0.05) is 0 Å². The van der Waals surface area contributed by atoms with E-state index in [2.05, 4.69) is 15.2 Å². The van der Waals surface area contributed by atoms with Crippen molar-refractivity contribution >= 4 is 17.3 Å². The van der Waals surface area contributed by atoms with Crippen molar-refractivity contribution in [2.45, 2.75) is 0 Å². The van der Waals surface area contributed by atoms with Crippen molar-refractivity contribution in [1.29, 1.82) is 0 Å². The summed E-state index contributed by atoms with van der Waals surface area (Å²) in [7, 11) is 1.87. The smallest absolute Gasteiger partial charge is 0.249 e. The fourth-order valence-corrected chi connectivity index (χ4v) is 1.10. The second kappa shape index (κ2) is 3.91. The van der Waals surface area contributed by atoms with Gasteiger partial charge in [-0.3, -0.25) is 0 Å². The first kappa shape index (κ1) is 9.39. The van der Waals surface area contributed by atoms with Crippen LogP contribution in [-0.2, 0) is 7.05 Å². The number of azo groups is 1. The van der Waals surface area contributed by atoms with E-state index in [0.717, 1.165) is 5.69 Å². The molecule has 0 bridgehead atoms. The standard InChI is InChI=1S/C10H11N5/c1-15-7-6-12-10(15)14-13-9-4-2-8(11)3-5-9/h2-7H,11H2,1H3. The molecule has 15 heavy (non-hydrogen) atoms. The summed E-state index contributed by atoms with van der Waals surface area (Å²) in [5.74, 6) is 0.576. The Morgan fingerprint density at radius 2 is 1.93 bits per heavy atom.